The Balaban J connectivity index is 0.000000195. The van der Waals surface area contributed by atoms with Gasteiger partial charge in [0.25, 0.3) is 5.91 Å². The molecule has 2 aliphatic rings. The van der Waals surface area contributed by atoms with Crippen molar-refractivity contribution in [1.82, 2.24) is 19.3 Å². The van der Waals surface area contributed by atoms with Crippen LogP contribution in [0.15, 0.2) is 35.8 Å². The first-order chi connectivity index (χ1) is 17.8. The zero-order valence-corrected chi connectivity index (χ0v) is 22.2. The van der Waals surface area contributed by atoms with Crippen molar-refractivity contribution >= 4 is 39.5 Å². The van der Waals surface area contributed by atoms with Gasteiger partial charge in [-0.05, 0) is 56.7 Å². The lowest BCUT2D eigenvalue weighted by atomic mass is 10.0. The normalized spacial score (nSPS) is 20.6. The topological polar surface area (TPSA) is 114 Å². The summed E-state index contributed by atoms with van der Waals surface area (Å²) in [6.45, 7) is 4.09. The molecule has 194 valence electrons. The van der Waals surface area contributed by atoms with Gasteiger partial charge in [-0.15, -0.1) is 22.7 Å². The van der Waals surface area contributed by atoms with E-state index in [-0.39, 0.29) is 23.5 Å². The molecule has 1 aliphatic heterocycles. The maximum absolute atomic E-state index is 13.4. The Morgan fingerprint density at radius 1 is 1.19 bits per heavy atom. The number of nitrogens with zero attached hydrogens (tertiary/aromatic N) is 4. The van der Waals surface area contributed by atoms with Gasteiger partial charge in [-0.2, -0.15) is 0 Å². The molecule has 4 heterocycles. The largest absolute Gasteiger partial charge is 0.477 e. The van der Waals surface area contributed by atoms with Crippen LogP contribution in [0.1, 0.15) is 57.4 Å². The molecular weight excluding hydrogens is 513 g/mol. The van der Waals surface area contributed by atoms with Gasteiger partial charge >= 0.3 is 5.97 Å². The average molecular weight is 542 g/mol. The van der Waals surface area contributed by atoms with Crippen molar-refractivity contribution in [2.45, 2.75) is 51.6 Å². The number of fused-ring (bicyclic) bond motifs is 2. The van der Waals surface area contributed by atoms with Crippen LogP contribution < -0.4 is 5.73 Å². The molecule has 1 saturated carbocycles. The number of rotatable bonds is 4. The zero-order chi connectivity index (χ0) is 26.3. The molecule has 4 aromatic rings. The summed E-state index contributed by atoms with van der Waals surface area (Å²) in [5, 5.41) is 11.5. The van der Waals surface area contributed by atoms with E-state index in [9.17, 15) is 14.0 Å². The molecule has 1 saturated heterocycles. The molecule has 8 nitrogen and oxygen atoms in total. The minimum absolute atomic E-state index is 0.0199. The van der Waals surface area contributed by atoms with E-state index in [2.05, 4.69) is 9.97 Å². The predicted molar refractivity (Wildman–Crippen MR) is 142 cm³/mol. The number of amides is 1. The standard InChI is InChI=1S/C19H22FN3OS.C7H6N2O2S/c1-11-22-17(18(25-11)12-5-7-14(20)8-6-12)19(24)23-15(10-21)9-13-3-2-4-16(13)23;1-4-5(6(10)11)9-2-3-12-7(9)8-4/h5-8,13,15-16H,2-4,9-10,21H2,1H3;2-3H,1H3,(H,10,11)/t13-,15-,16-;/m0./s1. The summed E-state index contributed by atoms with van der Waals surface area (Å²) < 4.78 is 14.8. The van der Waals surface area contributed by atoms with Crippen LogP contribution in [0.4, 0.5) is 4.39 Å². The summed E-state index contributed by atoms with van der Waals surface area (Å²) in [5.41, 5.74) is 8.10. The van der Waals surface area contributed by atoms with E-state index in [4.69, 9.17) is 10.8 Å². The van der Waals surface area contributed by atoms with Crippen molar-refractivity contribution in [3.63, 3.8) is 0 Å². The first kappa shape index (κ1) is 25.5. The summed E-state index contributed by atoms with van der Waals surface area (Å²) in [7, 11) is 0. The molecule has 3 aromatic heterocycles. The van der Waals surface area contributed by atoms with Crippen LogP contribution in [-0.4, -0.2) is 54.9 Å². The van der Waals surface area contributed by atoms with Gasteiger partial charge in [0.2, 0.25) is 0 Å². The van der Waals surface area contributed by atoms with E-state index >= 15 is 0 Å². The van der Waals surface area contributed by atoms with Crippen molar-refractivity contribution in [3.05, 3.63) is 63.7 Å². The first-order valence-electron chi connectivity index (χ1n) is 12.2. The number of likely N-dealkylation sites (tertiary alicyclic amines) is 1. The van der Waals surface area contributed by atoms with Gasteiger partial charge in [0.15, 0.2) is 10.7 Å². The number of aromatic nitrogens is 3. The molecule has 1 amide bonds. The van der Waals surface area contributed by atoms with Gasteiger partial charge in [-0.1, -0.05) is 18.6 Å². The molecule has 0 bridgehead atoms. The molecule has 2 fully saturated rings. The Kier molecular flexibility index (Phi) is 7.11. The number of nitrogens with two attached hydrogens (primary N) is 1. The number of carbonyl (C=O) groups excluding carboxylic acids is 1. The summed E-state index contributed by atoms with van der Waals surface area (Å²) in [4.78, 5) is 36.3. The lowest BCUT2D eigenvalue weighted by molar-refractivity contribution is 0.0658. The molecule has 3 N–H and O–H groups in total. The zero-order valence-electron chi connectivity index (χ0n) is 20.6. The van der Waals surface area contributed by atoms with Crippen molar-refractivity contribution in [1.29, 1.82) is 0 Å². The summed E-state index contributed by atoms with van der Waals surface area (Å²) in [6, 6.07) is 6.66. The van der Waals surface area contributed by atoms with Crippen molar-refractivity contribution in [2.75, 3.05) is 6.54 Å². The maximum atomic E-state index is 13.4. The van der Waals surface area contributed by atoms with E-state index in [1.807, 2.05) is 17.2 Å². The predicted octanol–water partition coefficient (Wildman–Crippen LogP) is 5.00. The number of hydrogen-bond acceptors (Lipinski definition) is 7. The van der Waals surface area contributed by atoms with Crippen LogP contribution >= 0.6 is 22.7 Å². The van der Waals surface area contributed by atoms with Crippen LogP contribution in [0.25, 0.3) is 15.4 Å². The third-order valence-electron chi connectivity index (χ3n) is 7.13. The molecule has 1 aromatic carbocycles. The third-order valence-corrected chi connectivity index (χ3v) is 8.91. The Morgan fingerprint density at radius 3 is 2.65 bits per heavy atom. The molecule has 37 heavy (non-hydrogen) atoms. The van der Waals surface area contributed by atoms with Crippen LogP contribution in [0.3, 0.4) is 0 Å². The number of carbonyl (C=O) groups is 2. The second-order valence-electron chi connectivity index (χ2n) is 9.42. The minimum atomic E-state index is -0.932. The number of imidazole rings is 1. The molecule has 0 radical (unpaired) electrons. The Bertz CT molecular complexity index is 1440. The molecule has 0 spiro atoms. The lowest BCUT2D eigenvalue weighted by Crippen LogP contribution is -2.44. The number of hydrogen-bond donors (Lipinski definition) is 2. The summed E-state index contributed by atoms with van der Waals surface area (Å²) >= 11 is 2.91. The van der Waals surface area contributed by atoms with Crippen LogP contribution in [0.2, 0.25) is 0 Å². The van der Waals surface area contributed by atoms with E-state index < -0.39 is 5.97 Å². The fraction of sp³-hybridized carbons (Fsp3) is 0.385. The second-order valence-corrected chi connectivity index (χ2v) is 11.5. The van der Waals surface area contributed by atoms with Gasteiger partial charge < -0.3 is 15.7 Å². The lowest BCUT2D eigenvalue weighted by Gasteiger charge is -2.29. The van der Waals surface area contributed by atoms with Crippen LogP contribution in [0, 0.1) is 25.6 Å². The average Bonchev–Trinajstić information content (AvgIpc) is 3.65. The molecular formula is C26H28FN5O3S2. The van der Waals surface area contributed by atoms with Crippen molar-refractivity contribution < 1.29 is 19.1 Å². The molecule has 6 rings (SSSR count). The van der Waals surface area contributed by atoms with Gasteiger partial charge in [0.05, 0.1) is 15.6 Å². The van der Waals surface area contributed by atoms with Crippen molar-refractivity contribution in [3.8, 4) is 10.4 Å². The van der Waals surface area contributed by atoms with Crippen LogP contribution in [-0.2, 0) is 0 Å². The van der Waals surface area contributed by atoms with Crippen LogP contribution in [0.5, 0.6) is 0 Å². The highest BCUT2D eigenvalue weighted by Crippen LogP contribution is 2.42. The molecule has 3 atom stereocenters. The number of benzene rings is 1. The monoisotopic (exact) mass is 541 g/mol. The SMILES string of the molecule is Cc1nc(C(=O)N2[C@H](CN)C[C@@H]3CCC[C@@H]32)c(-c2ccc(F)cc2)s1.Cc1nc2sccn2c1C(=O)O. The molecule has 1 aliphatic carbocycles. The number of thiazole rings is 2. The number of carboxylic acids is 1. The third kappa shape index (κ3) is 4.78. The Labute approximate surface area is 221 Å². The smallest absolute Gasteiger partial charge is 0.354 e. The summed E-state index contributed by atoms with van der Waals surface area (Å²) in [5.74, 6) is -0.659. The highest BCUT2D eigenvalue weighted by molar-refractivity contribution is 7.15. The fourth-order valence-electron chi connectivity index (χ4n) is 5.56. The first-order valence-corrected chi connectivity index (χ1v) is 13.9. The molecule has 0 unspecified atom stereocenters. The van der Waals surface area contributed by atoms with Gasteiger partial charge in [-0.25, -0.2) is 19.2 Å². The van der Waals surface area contributed by atoms with E-state index in [1.165, 1.54) is 47.6 Å². The quantitative estimate of drug-likeness (QED) is 0.376. The highest BCUT2D eigenvalue weighted by Gasteiger charge is 2.46. The highest BCUT2D eigenvalue weighted by atomic mass is 32.1. The second kappa shape index (κ2) is 10.3. The van der Waals surface area contributed by atoms with Crippen molar-refractivity contribution in [2.24, 2.45) is 11.7 Å². The number of aryl methyl sites for hydroxylation is 2. The number of aromatic carboxylic acids is 1. The Hall–Kier alpha value is -3.15. The number of halogens is 1. The summed E-state index contributed by atoms with van der Waals surface area (Å²) in [6.07, 6.45) is 6.14. The number of carboxylic acid groups (broad SMARTS) is 1. The van der Waals surface area contributed by atoms with Gasteiger partial charge in [-0.3, -0.25) is 9.20 Å². The molecule has 11 heteroatoms. The van der Waals surface area contributed by atoms with E-state index in [0.717, 1.165) is 33.3 Å². The van der Waals surface area contributed by atoms with E-state index in [0.29, 0.717) is 29.9 Å². The maximum Gasteiger partial charge on any atom is 0.354 e. The fourth-order valence-corrected chi connectivity index (χ4v) is 7.24. The van der Waals surface area contributed by atoms with Gasteiger partial charge in [0, 0.05) is 30.2 Å². The Morgan fingerprint density at radius 2 is 1.95 bits per heavy atom. The minimum Gasteiger partial charge on any atom is -0.477 e. The van der Waals surface area contributed by atoms with E-state index in [1.54, 1.807) is 29.7 Å². The van der Waals surface area contributed by atoms with Gasteiger partial charge in [0.1, 0.15) is 11.5 Å².